The van der Waals surface area contributed by atoms with Crippen LogP contribution in [0.3, 0.4) is 0 Å². The van der Waals surface area contributed by atoms with Gasteiger partial charge in [-0.3, -0.25) is 9.89 Å². The number of nitrogens with zero attached hydrogens (tertiary/aromatic N) is 2. The number of para-hydroxylation sites is 2. The molecule has 4 rings (SSSR count). The lowest BCUT2D eigenvalue weighted by Crippen LogP contribution is -2.11. The van der Waals surface area contributed by atoms with Crippen LogP contribution in [0.15, 0.2) is 65.2 Å². The zero-order valence-corrected chi connectivity index (χ0v) is 14.1. The van der Waals surface area contributed by atoms with Crippen molar-refractivity contribution in [3.05, 3.63) is 77.9 Å². The van der Waals surface area contributed by atoms with Crippen molar-refractivity contribution >= 4 is 22.5 Å². The third-order valence-electron chi connectivity index (χ3n) is 3.99. The Bertz CT molecular complexity index is 1150. The van der Waals surface area contributed by atoms with Gasteiger partial charge in [0.1, 0.15) is 24.2 Å². The molecule has 0 spiro atoms. The number of hydrogen-bond acceptors (Lipinski definition) is 5. The Labute approximate surface area is 154 Å². The summed E-state index contributed by atoms with van der Waals surface area (Å²) >= 11 is 0. The van der Waals surface area contributed by atoms with Gasteiger partial charge in [-0.05, 0) is 30.3 Å². The molecule has 4 aromatic rings. The summed E-state index contributed by atoms with van der Waals surface area (Å²) < 4.78 is 11.2. The fraction of sp³-hybridized carbons (Fsp3) is 0.0500. The van der Waals surface area contributed by atoms with E-state index in [2.05, 4.69) is 21.6 Å². The lowest BCUT2D eigenvalue weighted by atomic mass is 10.2. The molecule has 2 aromatic carbocycles. The standard InChI is InChI=1S/C20H14N4O3/c21-10-13-4-1-2-7-17(13)26-12-15-8-9-18(27-15)20(25)23-16-6-3-5-14-11-22-24-19(14)16/h1-9,11H,12H2,(H,22,24)(H,23,25). The summed E-state index contributed by atoms with van der Waals surface area (Å²) in [4.78, 5) is 12.4. The summed E-state index contributed by atoms with van der Waals surface area (Å²) in [6.45, 7) is 0.113. The molecule has 27 heavy (non-hydrogen) atoms. The molecule has 0 aliphatic carbocycles. The smallest absolute Gasteiger partial charge is 0.291 e. The third kappa shape index (κ3) is 3.37. The summed E-state index contributed by atoms with van der Waals surface area (Å²) in [5.74, 6) is 0.737. The lowest BCUT2D eigenvalue weighted by molar-refractivity contribution is 0.0992. The van der Waals surface area contributed by atoms with E-state index in [1.807, 2.05) is 12.1 Å². The summed E-state index contributed by atoms with van der Waals surface area (Å²) in [5, 5.41) is 19.6. The molecule has 7 heteroatoms. The van der Waals surface area contributed by atoms with Gasteiger partial charge in [-0.1, -0.05) is 24.3 Å². The van der Waals surface area contributed by atoms with Crippen molar-refractivity contribution in [1.29, 1.82) is 5.26 Å². The maximum absolute atomic E-state index is 12.4. The Kier molecular flexibility index (Phi) is 4.29. The van der Waals surface area contributed by atoms with E-state index in [9.17, 15) is 4.79 Å². The van der Waals surface area contributed by atoms with Crippen LogP contribution in [0.2, 0.25) is 0 Å². The Hall–Kier alpha value is -4.05. The van der Waals surface area contributed by atoms with Gasteiger partial charge < -0.3 is 14.5 Å². The SMILES string of the molecule is N#Cc1ccccc1OCc1ccc(C(=O)Nc2cccc3cn[nH]c23)o1. The molecular formula is C20H14N4O3. The largest absolute Gasteiger partial charge is 0.484 e. The van der Waals surface area contributed by atoms with Gasteiger partial charge in [-0.2, -0.15) is 10.4 Å². The summed E-state index contributed by atoms with van der Waals surface area (Å²) in [5.41, 5.74) is 1.80. The molecule has 1 amide bonds. The highest BCUT2D eigenvalue weighted by Crippen LogP contribution is 2.22. The van der Waals surface area contributed by atoms with Gasteiger partial charge in [-0.15, -0.1) is 0 Å². The van der Waals surface area contributed by atoms with Gasteiger partial charge in [-0.25, -0.2) is 0 Å². The van der Waals surface area contributed by atoms with Crippen LogP contribution >= 0.6 is 0 Å². The molecule has 7 nitrogen and oxygen atoms in total. The number of H-pyrrole nitrogens is 1. The van der Waals surface area contributed by atoms with E-state index >= 15 is 0 Å². The monoisotopic (exact) mass is 358 g/mol. The fourth-order valence-electron chi connectivity index (χ4n) is 2.67. The molecule has 0 saturated carbocycles. The molecule has 0 atom stereocenters. The molecule has 0 aliphatic heterocycles. The number of ether oxygens (including phenoxy) is 1. The maximum Gasteiger partial charge on any atom is 0.291 e. The quantitative estimate of drug-likeness (QED) is 0.564. The van der Waals surface area contributed by atoms with Crippen LogP contribution in [0.5, 0.6) is 5.75 Å². The van der Waals surface area contributed by atoms with Crippen molar-refractivity contribution in [3.8, 4) is 11.8 Å². The Morgan fingerprint density at radius 3 is 2.96 bits per heavy atom. The van der Waals surface area contributed by atoms with Crippen LogP contribution in [0.4, 0.5) is 5.69 Å². The maximum atomic E-state index is 12.4. The lowest BCUT2D eigenvalue weighted by Gasteiger charge is -2.06. The molecule has 0 unspecified atom stereocenters. The first-order chi connectivity index (χ1) is 13.2. The zero-order chi connectivity index (χ0) is 18.6. The number of nitriles is 1. The number of fused-ring (bicyclic) bond motifs is 1. The number of benzene rings is 2. The molecule has 2 aromatic heterocycles. The van der Waals surface area contributed by atoms with Crippen molar-refractivity contribution in [2.75, 3.05) is 5.32 Å². The van der Waals surface area contributed by atoms with Gasteiger partial charge in [0.15, 0.2) is 5.76 Å². The van der Waals surface area contributed by atoms with Crippen molar-refractivity contribution in [2.24, 2.45) is 0 Å². The number of aromatic amines is 1. The van der Waals surface area contributed by atoms with E-state index in [-0.39, 0.29) is 18.3 Å². The highest BCUT2D eigenvalue weighted by molar-refractivity contribution is 6.06. The Morgan fingerprint density at radius 2 is 2.07 bits per heavy atom. The zero-order valence-electron chi connectivity index (χ0n) is 14.1. The molecular weight excluding hydrogens is 344 g/mol. The van der Waals surface area contributed by atoms with Crippen molar-refractivity contribution in [3.63, 3.8) is 0 Å². The first-order valence-corrected chi connectivity index (χ1v) is 8.18. The normalized spacial score (nSPS) is 10.5. The molecule has 132 valence electrons. The van der Waals surface area contributed by atoms with Gasteiger partial charge in [0, 0.05) is 5.39 Å². The van der Waals surface area contributed by atoms with Crippen LogP contribution in [0.25, 0.3) is 10.9 Å². The van der Waals surface area contributed by atoms with Gasteiger partial charge in [0.05, 0.1) is 23.0 Å². The number of carbonyl (C=O) groups excluding carboxylic acids is 1. The number of aromatic nitrogens is 2. The first-order valence-electron chi connectivity index (χ1n) is 8.18. The number of hydrogen-bond donors (Lipinski definition) is 2. The van der Waals surface area contributed by atoms with Crippen LogP contribution in [-0.2, 0) is 6.61 Å². The number of rotatable bonds is 5. The minimum Gasteiger partial charge on any atom is -0.484 e. The van der Waals surface area contributed by atoms with Gasteiger partial charge >= 0.3 is 0 Å². The molecule has 0 radical (unpaired) electrons. The number of carbonyl (C=O) groups is 1. The van der Waals surface area contributed by atoms with E-state index in [0.29, 0.717) is 22.8 Å². The van der Waals surface area contributed by atoms with Crippen LogP contribution in [0.1, 0.15) is 21.9 Å². The minimum atomic E-state index is -0.374. The van der Waals surface area contributed by atoms with E-state index in [0.717, 1.165) is 10.9 Å². The average molecular weight is 358 g/mol. The summed E-state index contributed by atoms with van der Waals surface area (Å²) in [6.07, 6.45) is 1.69. The van der Waals surface area contributed by atoms with E-state index in [1.165, 1.54) is 0 Å². The number of amides is 1. The van der Waals surface area contributed by atoms with Crippen LogP contribution in [0, 0.1) is 11.3 Å². The van der Waals surface area contributed by atoms with Crippen molar-refractivity contribution in [2.45, 2.75) is 6.61 Å². The molecule has 0 saturated heterocycles. The molecule has 2 heterocycles. The number of nitrogens with one attached hydrogen (secondary N) is 2. The highest BCUT2D eigenvalue weighted by Gasteiger charge is 2.14. The molecule has 0 fully saturated rings. The Morgan fingerprint density at radius 1 is 1.19 bits per heavy atom. The summed E-state index contributed by atoms with van der Waals surface area (Å²) in [7, 11) is 0. The van der Waals surface area contributed by atoms with Crippen molar-refractivity contribution < 1.29 is 13.9 Å². The van der Waals surface area contributed by atoms with Crippen molar-refractivity contribution in [1.82, 2.24) is 10.2 Å². The van der Waals surface area contributed by atoms with Crippen LogP contribution < -0.4 is 10.1 Å². The van der Waals surface area contributed by atoms with E-state index in [4.69, 9.17) is 14.4 Å². The summed E-state index contributed by atoms with van der Waals surface area (Å²) in [6, 6.07) is 17.8. The first kappa shape index (κ1) is 16.4. The van der Waals surface area contributed by atoms with Gasteiger partial charge in [0.25, 0.3) is 5.91 Å². The van der Waals surface area contributed by atoms with E-state index < -0.39 is 0 Å². The molecule has 2 N–H and O–H groups in total. The topological polar surface area (TPSA) is 104 Å². The average Bonchev–Trinajstić information content (AvgIpc) is 3.36. The predicted octanol–water partition coefficient (Wildman–Crippen LogP) is 3.86. The fourth-order valence-corrected chi connectivity index (χ4v) is 2.67. The number of anilines is 1. The second-order valence-corrected chi connectivity index (χ2v) is 5.76. The van der Waals surface area contributed by atoms with Gasteiger partial charge in [0.2, 0.25) is 0 Å². The second-order valence-electron chi connectivity index (χ2n) is 5.76. The Balaban J connectivity index is 1.45. The van der Waals surface area contributed by atoms with Crippen LogP contribution in [-0.4, -0.2) is 16.1 Å². The van der Waals surface area contributed by atoms with E-state index in [1.54, 1.807) is 48.7 Å². The highest BCUT2D eigenvalue weighted by atomic mass is 16.5. The molecule has 0 bridgehead atoms. The predicted molar refractivity (Wildman–Crippen MR) is 98.2 cm³/mol. The third-order valence-corrected chi connectivity index (χ3v) is 3.99. The second kappa shape index (κ2) is 7.06. The minimum absolute atomic E-state index is 0.113. The number of furan rings is 1. The molecule has 0 aliphatic rings.